The van der Waals surface area contributed by atoms with Crippen LogP contribution < -0.4 is 5.32 Å². The Morgan fingerprint density at radius 3 is 2.56 bits per heavy atom. The lowest BCUT2D eigenvalue weighted by molar-refractivity contribution is -0.130. The molecule has 200 valence electrons. The number of carbonyl (C=O) groups excluding carboxylic acids is 2. The third-order valence-electron chi connectivity index (χ3n) is 8.57. The molecule has 5 heteroatoms. The largest absolute Gasteiger partial charge is 0.345 e. The predicted octanol–water partition coefficient (Wildman–Crippen LogP) is 7.23. The van der Waals surface area contributed by atoms with E-state index in [1.54, 1.807) is 11.8 Å². The van der Waals surface area contributed by atoms with Gasteiger partial charge in [-0.2, -0.15) is 0 Å². The molecule has 3 aliphatic rings. The fourth-order valence-corrected chi connectivity index (χ4v) is 7.83. The maximum atomic E-state index is 13.8. The minimum absolute atomic E-state index is 0.0477. The van der Waals surface area contributed by atoms with Gasteiger partial charge in [-0.05, 0) is 85.1 Å². The lowest BCUT2D eigenvalue weighted by Gasteiger charge is -2.44. The molecule has 1 saturated carbocycles. The van der Waals surface area contributed by atoms with Crippen molar-refractivity contribution in [1.82, 2.24) is 10.2 Å². The van der Waals surface area contributed by atoms with Crippen molar-refractivity contribution < 1.29 is 9.59 Å². The first kappa shape index (κ1) is 25.9. The fraction of sp³-hybridized carbons (Fsp3) is 0.353. The minimum atomic E-state index is -0.0477. The van der Waals surface area contributed by atoms with Gasteiger partial charge in [0.05, 0.1) is 10.9 Å². The SMILES string of the molecule is Cc1ccccc1CN1C(=O)/C(=C\c2ccc(C(=O)NC3CCCc4ccccc43)cc2)SC2CCCCC21. The standard InChI is InChI=1S/C34H36N2O2S/c1-23-9-2-3-11-27(23)22-36-30-15-6-7-16-31(30)39-32(34(36)38)21-24-17-19-26(20-18-24)33(37)35-29-14-8-12-25-10-4-5-13-28(25)29/h2-5,9-11,13,17-21,29-31H,6-8,12,14-16,22H2,1H3,(H,35,37)/b32-21+. The summed E-state index contributed by atoms with van der Waals surface area (Å²) >= 11 is 1.75. The third kappa shape index (κ3) is 5.56. The lowest BCUT2D eigenvalue weighted by Crippen LogP contribution is -2.50. The normalized spacial score (nSPS) is 23.7. The maximum Gasteiger partial charge on any atom is 0.260 e. The molecule has 2 amide bonds. The molecule has 1 heterocycles. The summed E-state index contributed by atoms with van der Waals surface area (Å²) in [6.07, 6.45) is 9.79. The summed E-state index contributed by atoms with van der Waals surface area (Å²) in [5.41, 5.74) is 6.63. The summed E-state index contributed by atoms with van der Waals surface area (Å²) in [6.45, 7) is 2.78. The minimum Gasteiger partial charge on any atom is -0.345 e. The van der Waals surface area contributed by atoms with Crippen LogP contribution >= 0.6 is 11.8 Å². The van der Waals surface area contributed by atoms with Crippen molar-refractivity contribution in [1.29, 1.82) is 0 Å². The molecule has 3 aromatic rings. The lowest BCUT2D eigenvalue weighted by atomic mass is 9.87. The molecular formula is C34H36N2O2S. The Hall–Kier alpha value is -3.31. The molecule has 6 rings (SSSR count). The fourth-order valence-electron chi connectivity index (χ4n) is 6.36. The molecule has 2 aliphatic carbocycles. The molecule has 4 nitrogen and oxygen atoms in total. The second-order valence-electron chi connectivity index (χ2n) is 11.1. The van der Waals surface area contributed by atoms with Crippen LogP contribution in [0, 0.1) is 6.92 Å². The molecule has 0 bridgehead atoms. The Kier molecular flexibility index (Phi) is 7.60. The van der Waals surface area contributed by atoms with Gasteiger partial charge in [0, 0.05) is 23.4 Å². The van der Waals surface area contributed by atoms with Gasteiger partial charge in [-0.15, -0.1) is 11.8 Å². The van der Waals surface area contributed by atoms with Crippen molar-refractivity contribution in [3.05, 3.63) is 111 Å². The number of amides is 2. The summed E-state index contributed by atoms with van der Waals surface area (Å²) in [6, 6.07) is 24.8. The average molecular weight is 537 g/mol. The van der Waals surface area contributed by atoms with Crippen LogP contribution in [-0.2, 0) is 17.8 Å². The molecule has 1 aliphatic heterocycles. The van der Waals surface area contributed by atoms with E-state index in [0.717, 1.165) is 42.6 Å². The van der Waals surface area contributed by atoms with Crippen molar-refractivity contribution in [3.8, 4) is 0 Å². The number of hydrogen-bond acceptors (Lipinski definition) is 3. The van der Waals surface area contributed by atoms with Gasteiger partial charge in [-0.1, -0.05) is 73.5 Å². The zero-order chi connectivity index (χ0) is 26.8. The number of rotatable bonds is 5. The number of hydrogen-bond donors (Lipinski definition) is 1. The van der Waals surface area contributed by atoms with E-state index in [1.165, 1.54) is 35.1 Å². The van der Waals surface area contributed by atoms with E-state index in [2.05, 4.69) is 59.6 Å². The monoisotopic (exact) mass is 536 g/mol. The van der Waals surface area contributed by atoms with Crippen molar-refractivity contribution in [2.24, 2.45) is 0 Å². The molecule has 0 aromatic heterocycles. The molecule has 0 spiro atoms. The Labute approximate surface area is 235 Å². The number of fused-ring (bicyclic) bond motifs is 2. The van der Waals surface area contributed by atoms with E-state index in [1.807, 2.05) is 36.4 Å². The van der Waals surface area contributed by atoms with E-state index in [4.69, 9.17) is 0 Å². The Balaban J connectivity index is 1.19. The van der Waals surface area contributed by atoms with Crippen LogP contribution in [-0.4, -0.2) is 28.0 Å². The second kappa shape index (κ2) is 11.4. The number of nitrogens with one attached hydrogen (secondary N) is 1. The molecule has 3 atom stereocenters. The third-order valence-corrected chi connectivity index (χ3v) is 9.96. The Morgan fingerprint density at radius 1 is 0.949 bits per heavy atom. The number of thioether (sulfide) groups is 1. The zero-order valence-corrected chi connectivity index (χ0v) is 23.4. The molecule has 2 fully saturated rings. The average Bonchev–Trinajstić information content (AvgIpc) is 2.97. The summed E-state index contributed by atoms with van der Waals surface area (Å²) in [7, 11) is 0. The molecule has 0 radical (unpaired) electrons. The van der Waals surface area contributed by atoms with Gasteiger partial charge in [-0.25, -0.2) is 0 Å². The van der Waals surface area contributed by atoms with Crippen molar-refractivity contribution in [2.75, 3.05) is 0 Å². The number of aryl methyl sites for hydroxylation is 2. The molecule has 1 N–H and O–H groups in total. The number of benzene rings is 3. The first-order chi connectivity index (χ1) is 19.1. The van der Waals surface area contributed by atoms with Crippen LogP contribution in [0.5, 0.6) is 0 Å². The second-order valence-corrected chi connectivity index (χ2v) is 12.4. The predicted molar refractivity (Wildman–Crippen MR) is 159 cm³/mol. The number of carbonyl (C=O) groups is 2. The van der Waals surface area contributed by atoms with Crippen LogP contribution in [0.15, 0.2) is 77.7 Å². The van der Waals surface area contributed by atoms with Gasteiger partial charge in [0.1, 0.15) is 0 Å². The topological polar surface area (TPSA) is 49.4 Å². The summed E-state index contributed by atoms with van der Waals surface area (Å²) < 4.78 is 0. The van der Waals surface area contributed by atoms with Crippen LogP contribution in [0.4, 0.5) is 0 Å². The smallest absolute Gasteiger partial charge is 0.260 e. The molecule has 39 heavy (non-hydrogen) atoms. The first-order valence-electron chi connectivity index (χ1n) is 14.3. The zero-order valence-electron chi connectivity index (χ0n) is 22.6. The molecular weight excluding hydrogens is 500 g/mol. The van der Waals surface area contributed by atoms with Crippen LogP contribution in [0.3, 0.4) is 0 Å². The Bertz CT molecular complexity index is 1400. The highest BCUT2D eigenvalue weighted by molar-refractivity contribution is 8.04. The summed E-state index contributed by atoms with van der Waals surface area (Å²) in [5, 5.41) is 3.68. The van der Waals surface area contributed by atoms with Crippen LogP contribution in [0.25, 0.3) is 6.08 Å². The Morgan fingerprint density at radius 2 is 1.72 bits per heavy atom. The van der Waals surface area contributed by atoms with Gasteiger partial charge in [0.25, 0.3) is 11.8 Å². The van der Waals surface area contributed by atoms with Gasteiger partial charge in [0.15, 0.2) is 0 Å². The van der Waals surface area contributed by atoms with Crippen molar-refractivity contribution >= 4 is 29.7 Å². The van der Waals surface area contributed by atoms with Gasteiger partial charge < -0.3 is 10.2 Å². The van der Waals surface area contributed by atoms with Gasteiger partial charge in [0.2, 0.25) is 0 Å². The van der Waals surface area contributed by atoms with Crippen LogP contribution in [0.1, 0.15) is 82.7 Å². The van der Waals surface area contributed by atoms with E-state index in [0.29, 0.717) is 23.4 Å². The quantitative estimate of drug-likeness (QED) is 0.350. The number of nitrogens with zero attached hydrogens (tertiary/aromatic N) is 1. The highest BCUT2D eigenvalue weighted by Crippen LogP contribution is 2.43. The first-order valence-corrected chi connectivity index (χ1v) is 15.2. The van der Waals surface area contributed by atoms with E-state index < -0.39 is 0 Å². The maximum absolute atomic E-state index is 13.8. The van der Waals surface area contributed by atoms with Crippen molar-refractivity contribution in [2.45, 2.75) is 75.7 Å². The molecule has 3 aromatic carbocycles. The van der Waals surface area contributed by atoms with E-state index >= 15 is 0 Å². The van der Waals surface area contributed by atoms with Gasteiger partial charge in [-0.3, -0.25) is 9.59 Å². The van der Waals surface area contributed by atoms with Crippen LogP contribution in [0.2, 0.25) is 0 Å². The van der Waals surface area contributed by atoms with Gasteiger partial charge >= 0.3 is 0 Å². The highest BCUT2D eigenvalue weighted by Gasteiger charge is 2.40. The molecule has 1 saturated heterocycles. The van der Waals surface area contributed by atoms with E-state index in [-0.39, 0.29) is 17.9 Å². The van der Waals surface area contributed by atoms with Crippen molar-refractivity contribution in [3.63, 3.8) is 0 Å². The molecule has 3 unspecified atom stereocenters. The van der Waals surface area contributed by atoms with E-state index in [9.17, 15) is 9.59 Å². The summed E-state index contributed by atoms with van der Waals surface area (Å²) in [4.78, 5) is 29.8. The summed E-state index contributed by atoms with van der Waals surface area (Å²) in [5.74, 6) is 0.0812. The highest BCUT2D eigenvalue weighted by atomic mass is 32.2.